The predicted molar refractivity (Wildman–Crippen MR) is 122 cm³/mol. The molecule has 176 valence electrons. The molecule has 8 nitrogen and oxygen atoms in total. The summed E-state index contributed by atoms with van der Waals surface area (Å²) in [6.45, 7) is 0.830. The van der Waals surface area contributed by atoms with Gasteiger partial charge in [-0.3, -0.25) is 9.59 Å². The highest BCUT2D eigenvalue weighted by molar-refractivity contribution is 6.46. The van der Waals surface area contributed by atoms with Crippen molar-refractivity contribution < 1.29 is 28.6 Å². The van der Waals surface area contributed by atoms with Crippen molar-refractivity contribution in [3.05, 3.63) is 83.7 Å². The van der Waals surface area contributed by atoms with Gasteiger partial charge in [-0.15, -0.1) is 0 Å². The number of para-hydroxylation sites is 1. The van der Waals surface area contributed by atoms with Crippen LogP contribution >= 0.6 is 0 Å². The molecule has 1 N–H and O–H groups in total. The Morgan fingerprint density at radius 2 is 1.85 bits per heavy atom. The molecule has 1 atom stereocenters. The molecule has 1 aliphatic heterocycles. The largest absolute Gasteiger partial charge is 0.507 e. The second kappa shape index (κ2) is 9.78. The van der Waals surface area contributed by atoms with Crippen molar-refractivity contribution in [1.29, 1.82) is 0 Å². The number of hydrogen-bond donors (Lipinski definition) is 1. The molecule has 3 aromatic rings. The van der Waals surface area contributed by atoms with Gasteiger partial charge in [0.25, 0.3) is 11.7 Å². The van der Waals surface area contributed by atoms with Gasteiger partial charge in [-0.2, -0.15) is 0 Å². The molecule has 0 bridgehead atoms. The van der Waals surface area contributed by atoms with Crippen molar-refractivity contribution in [2.75, 3.05) is 20.8 Å². The molecule has 4 rings (SSSR count). The molecular formula is C25H24FN3O5. The SMILES string of the molecule is COc1cccc(C2/C(=C(\O)c3ccc(F)cc3)C(=O)C(=O)N2CCCn2ccnc2)c1OC. The smallest absolute Gasteiger partial charge is 0.295 e. The predicted octanol–water partition coefficient (Wildman–Crippen LogP) is 3.55. The summed E-state index contributed by atoms with van der Waals surface area (Å²) >= 11 is 0. The highest BCUT2D eigenvalue weighted by atomic mass is 19.1. The maximum atomic E-state index is 13.4. The maximum absolute atomic E-state index is 13.4. The fourth-order valence-electron chi connectivity index (χ4n) is 4.17. The van der Waals surface area contributed by atoms with Gasteiger partial charge in [0.2, 0.25) is 0 Å². The Hall–Kier alpha value is -4.14. The number of amides is 1. The van der Waals surface area contributed by atoms with Gasteiger partial charge in [-0.25, -0.2) is 9.37 Å². The first-order valence-corrected chi connectivity index (χ1v) is 10.7. The normalized spacial score (nSPS) is 17.3. The van der Waals surface area contributed by atoms with E-state index in [1.165, 1.54) is 43.4 Å². The number of rotatable bonds is 8. The number of hydrogen-bond acceptors (Lipinski definition) is 6. The third-order valence-corrected chi connectivity index (χ3v) is 5.76. The van der Waals surface area contributed by atoms with Crippen molar-refractivity contribution in [2.24, 2.45) is 0 Å². The summed E-state index contributed by atoms with van der Waals surface area (Å²) in [6, 6.07) is 9.30. The van der Waals surface area contributed by atoms with Crippen LogP contribution in [0.1, 0.15) is 23.6 Å². The van der Waals surface area contributed by atoms with E-state index in [2.05, 4.69) is 4.98 Å². The standard InChI is InChI=1S/C25H24FN3O5/c1-33-19-6-3-5-18(24(19)34-2)21-20(22(30)16-7-9-17(26)10-8-16)23(31)25(32)29(21)13-4-12-28-14-11-27-15-28/h3,5-11,14-15,21,30H,4,12-13H2,1-2H3/b22-20+. The van der Waals surface area contributed by atoms with E-state index in [9.17, 15) is 19.1 Å². The number of Topliss-reactive ketones (excluding diaryl/α,β-unsaturated/α-hetero) is 1. The Labute approximate surface area is 195 Å². The fourth-order valence-corrected chi connectivity index (χ4v) is 4.17. The summed E-state index contributed by atoms with van der Waals surface area (Å²) in [5, 5.41) is 11.1. The van der Waals surface area contributed by atoms with E-state index in [0.29, 0.717) is 30.0 Å². The second-order valence-corrected chi connectivity index (χ2v) is 7.74. The van der Waals surface area contributed by atoms with Crippen molar-refractivity contribution in [3.8, 4) is 11.5 Å². The van der Waals surface area contributed by atoms with E-state index < -0.39 is 23.5 Å². The van der Waals surface area contributed by atoms with Crippen LogP contribution in [0, 0.1) is 5.82 Å². The van der Waals surface area contributed by atoms with E-state index in [-0.39, 0.29) is 23.4 Å². The molecule has 0 aliphatic carbocycles. The number of aliphatic hydroxyl groups excluding tert-OH is 1. The minimum Gasteiger partial charge on any atom is -0.507 e. The van der Waals surface area contributed by atoms with Gasteiger partial charge >= 0.3 is 0 Å². The van der Waals surface area contributed by atoms with Crippen molar-refractivity contribution in [2.45, 2.75) is 19.0 Å². The summed E-state index contributed by atoms with van der Waals surface area (Å²) in [5.41, 5.74) is 0.628. The molecule has 1 aromatic heterocycles. The molecule has 1 fully saturated rings. The minimum absolute atomic E-state index is 0.0919. The van der Waals surface area contributed by atoms with E-state index >= 15 is 0 Å². The summed E-state index contributed by atoms with van der Waals surface area (Å²) in [7, 11) is 2.95. The summed E-state index contributed by atoms with van der Waals surface area (Å²) in [4.78, 5) is 31.7. The highest BCUT2D eigenvalue weighted by Crippen LogP contribution is 2.45. The Morgan fingerprint density at radius 1 is 1.09 bits per heavy atom. The Morgan fingerprint density at radius 3 is 2.50 bits per heavy atom. The average Bonchev–Trinajstić information content (AvgIpc) is 3.45. The van der Waals surface area contributed by atoms with Gasteiger partial charge < -0.3 is 24.0 Å². The van der Waals surface area contributed by atoms with E-state index in [4.69, 9.17) is 9.47 Å². The van der Waals surface area contributed by atoms with Crippen LogP contribution in [0.5, 0.6) is 11.5 Å². The lowest BCUT2D eigenvalue weighted by Crippen LogP contribution is -2.31. The number of methoxy groups -OCH3 is 2. The number of ether oxygens (including phenoxy) is 2. The molecule has 2 heterocycles. The number of likely N-dealkylation sites (tertiary alicyclic amines) is 1. The molecule has 9 heteroatoms. The molecule has 2 aromatic carbocycles. The van der Waals surface area contributed by atoms with E-state index in [1.54, 1.807) is 30.7 Å². The zero-order valence-corrected chi connectivity index (χ0v) is 18.8. The van der Waals surface area contributed by atoms with Gasteiger partial charge in [-0.1, -0.05) is 12.1 Å². The molecule has 0 spiro atoms. The first-order chi connectivity index (χ1) is 16.5. The van der Waals surface area contributed by atoms with Crippen LogP contribution < -0.4 is 9.47 Å². The fraction of sp³-hybridized carbons (Fsp3) is 0.240. The number of halogens is 1. The molecule has 34 heavy (non-hydrogen) atoms. The van der Waals surface area contributed by atoms with Crippen molar-refractivity contribution >= 4 is 17.4 Å². The monoisotopic (exact) mass is 465 g/mol. The summed E-state index contributed by atoms with van der Waals surface area (Å²) < 4.78 is 26.3. The van der Waals surface area contributed by atoms with Gasteiger partial charge in [0.15, 0.2) is 11.5 Å². The average molecular weight is 465 g/mol. The summed E-state index contributed by atoms with van der Waals surface area (Å²) in [6.07, 6.45) is 5.69. The Kier molecular flexibility index (Phi) is 6.62. The summed E-state index contributed by atoms with van der Waals surface area (Å²) in [5.74, 6) is -1.65. The Balaban J connectivity index is 1.81. The van der Waals surface area contributed by atoms with Gasteiger partial charge in [0.1, 0.15) is 11.6 Å². The topological polar surface area (TPSA) is 93.9 Å². The number of ketones is 1. The zero-order chi connectivity index (χ0) is 24.2. The van der Waals surface area contributed by atoms with E-state index in [0.717, 1.165) is 0 Å². The van der Waals surface area contributed by atoms with Gasteiger partial charge in [0, 0.05) is 36.6 Å². The van der Waals surface area contributed by atoms with Crippen LogP contribution in [0.3, 0.4) is 0 Å². The molecule has 0 saturated carbocycles. The van der Waals surface area contributed by atoms with Crippen LogP contribution in [-0.2, 0) is 16.1 Å². The third-order valence-electron chi connectivity index (χ3n) is 5.76. The first-order valence-electron chi connectivity index (χ1n) is 10.7. The number of imidazole rings is 1. The van der Waals surface area contributed by atoms with Gasteiger partial charge in [0.05, 0.1) is 32.2 Å². The van der Waals surface area contributed by atoms with Crippen molar-refractivity contribution in [1.82, 2.24) is 14.5 Å². The first kappa shape index (κ1) is 23.0. The lowest BCUT2D eigenvalue weighted by atomic mass is 9.94. The number of aliphatic hydroxyl groups is 1. The highest BCUT2D eigenvalue weighted by Gasteiger charge is 2.47. The minimum atomic E-state index is -0.919. The number of nitrogens with zero attached hydrogens (tertiary/aromatic N) is 3. The van der Waals surface area contributed by atoms with Crippen LogP contribution in [0.4, 0.5) is 4.39 Å². The zero-order valence-electron chi connectivity index (χ0n) is 18.8. The molecular weight excluding hydrogens is 441 g/mol. The van der Waals surface area contributed by atoms with E-state index in [1.807, 2.05) is 10.8 Å². The number of carbonyl (C=O) groups excluding carboxylic acids is 2. The second-order valence-electron chi connectivity index (χ2n) is 7.74. The lowest BCUT2D eigenvalue weighted by Gasteiger charge is -2.27. The maximum Gasteiger partial charge on any atom is 0.295 e. The number of benzene rings is 2. The number of aryl methyl sites for hydroxylation is 1. The molecule has 1 saturated heterocycles. The number of carbonyl (C=O) groups is 2. The quantitative estimate of drug-likeness (QED) is 0.311. The molecule has 0 radical (unpaired) electrons. The molecule has 1 unspecified atom stereocenters. The lowest BCUT2D eigenvalue weighted by molar-refractivity contribution is -0.140. The van der Waals surface area contributed by atoms with Crippen molar-refractivity contribution in [3.63, 3.8) is 0 Å². The van der Waals surface area contributed by atoms with Crippen LogP contribution in [-0.4, -0.2) is 52.0 Å². The van der Waals surface area contributed by atoms with Crippen LogP contribution in [0.15, 0.2) is 66.8 Å². The Bertz CT molecular complexity index is 1220. The van der Waals surface area contributed by atoms with Crippen LogP contribution in [0.25, 0.3) is 5.76 Å². The third kappa shape index (κ3) is 4.24. The number of aromatic nitrogens is 2. The molecule has 1 amide bonds. The van der Waals surface area contributed by atoms with Crippen LogP contribution in [0.2, 0.25) is 0 Å². The molecule has 1 aliphatic rings. The van der Waals surface area contributed by atoms with Gasteiger partial charge in [-0.05, 0) is 36.8 Å².